The third-order valence-electron chi connectivity index (χ3n) is 4.45. The Morgan fingerprint density at radius 3 is 2.07 bits per heavy atom. The van der Waals surface area contributed by atoms with Crippen LogP contribution in [-0.4, -0.2) is 33.3 Å². The summed E-state index contributed by atoms with van der Waals surface area (Å²) in [5, 5.41) is 0. The van der Waals surface area contributed by atoms with Crippen molar-refractivity contribution < 1.29 is 17.9 Å². The molecule has 0 aliphatic carbocycles. The van der Waals surface area contributed by atoms with E-state index in [-0.39, 0.29) is 10.6 Å². The van der Waals surface area contributed by atoms with E-state index in [4.69, 9.17) is 4.74 Å². The summed E-state index contributed by atoms with van der Waals surface area (Å²) in [6.07, 6.45) is 0. The van der Waals surface area contributed by atoms with Crippen molar-refractivity contribution in [1.82, 2.24) is 4.72 Å². The van der Waals surface area contributed by atoms with Crippen molar-refractivity contribution in [3.8, 4) is 11.1 Å². The van der Waals surface area contributed by atoms with E-state index in [0.717, 1.165) is 16.7 Å². The SMILES string of the molecule is COC(=O)[C@H](CSCc1ccccc1)NS(=O)(=O)c1ccc(-c2ccccc2)cc1. The van der Waals surface area contributed by atoms with Gasteiger partial charge in [-0.25, -0.2) is 8.42 Å². The second-order valence-electron chi connectivity index (χ2n) is 6.59. The van der Waals surface area contributed by atoms with Crippen molar-refractivity contribution in [2.45, 2.75) is 16.7 Å². The van der Waals surface area contributed by atoms with Gasteiger partial charge >= 0.3 is 5.97 Å². The van der Waals surface area contributed by atoms with E-state index in [1.165, 1.54) is 31.0 Å². The molecule has 0 fully saturated rings. The lowest BCUT2D eigenvalue weighted by molar-refractivity contribution is -0.141. The fraction of sp³-hybridized carbons (Fsp3) is 0.174. The number of sulfonamides is 1. The lowest BCUT2D eigenvalue weighted by Gasteiger charge is -2.16. The molecule has 0 bridgehead atoms. The van der Waals surface area contributed by atoms with E-state index in [9.17, 15) is 13.2 Å². The molecular weight excluding hydrogens is 418 g/mol. The summed E-state index contributed by atoms with van der Waals surface area (Å²) in [5.41, 5.74) is 3.02. The number of hydrogen-bond acceptors (Lipinski definition) is 5. The van der Waals surface area contributed by atoms with Crippen LogP contribution in [0.2, 0.25) is 0 Å². The Morgan fingerprint density at radius 2 is 1.47 bits per heavy atom. The second kappa shape index (κ2) is 10.4. The minimum absolute atomic E-state index is 0.101. The molecule has 0 spiro atoms. The Balaban J connectivity index is 1.68. The van der Waals surface area contributed by atoms with Crippen molar-refractivity contribution in [2.24, 2.45) is 0 Å². The zero-order valence-electron chi connectivity index (χ0n) is 16.5. The highest BCUT2D eigenvalue weighted by molar-refractivity contribution is 7.98. The van der Waals surface area contributed by atoms with E-state index in [2.05, 4.69) is 4.72 Å². The van der Waals surface area contributed by atoms with Gasteiger partial charge in [0.15, 0.2) is 0 Å². The molecule has 0 aliphatic heterocycles. The average molecular weight is 442 g/mol. The normalized spacial score (nSPS) is 12.3. The van der Waals surface area contributed by atoms with Crippen molar-refractivity contribution in [1.29, 1.82) is 0 Å². The van der Waals surface area contributed by atoms with Crippen LogP contribution in [0.4, 0.5) is 0 Å². The van der Waals surface area contributed by atoms with Gasteiger partial charge < -0.3 is 4.74 Å². The minimum Gasteiger partial charge on any atom is -0.468 e. The number of carbonyl (C=O) groups is 1. The maximum absolute atomic E-state index is 12.8. The molecule has 3 rings (SSSR count). The highest BCUT2D eigenvalue weighted by atomic mass is 32.2. The van der Waals surface area contributed by atoms with E-state index in [1.807, 2.05) is 60.7 Å². The van der Waals surface area contributed by atoms with Gasteiger partial charge in [-0.05, 0) is 28.8 Å². The zero-order chi connectivity index (χ0) is 21.4. The Bertz CT molecular complexity index is 1050. The number of esters is 1. The summed E-state index contributed by atoms with van der Waals surface area (Å²) in [6.45, 7) is 0. The van der Waals surface area contributed by atoms with Crippen molar-refractivity contribution in [3.05, 3.63) is 90.5 Å². The number of methoxy groups -OCH3 is 1. The predicted octanol–water partition coefficient (Wildman–Crippen LogP) is 4.11. The molecule has 0 heterocycles. The summed E-state index contributed by atoms with van der Waals surface area (Å²) in [6, 6.07) is 25.1. The summed E-state index contributed by atoms with van der Waals surface area (Å²) >= 11 is 1.47. The van der Waals surface area contributed by atoms with Crippen LogP contribution in [0, 0.1) is 0 Å². The standard InChI is InChI=1S/C23H23NO4S2/c1-28-23(25)22(17-29-16-18-8-4-2-5-9-18)24-30(26,27)21-14-12-20(13-15-21)19-10-6-3-7-11-19/h2-15,22,24H,16-17H2,1H3/t22-/m0/s1. The third kappa shape index (κ3) is 5.95. The highest BCUT2D eigenvalue weighted by Gasteiger charge is 2.26. The summed E-state index contributed by atoms with van der Waals surface area (Å²) in [7, 11) is -2.62. The molecule has 7 heteroatoms. The van der Waals surface area contributed by atoms with Gasteiger partial charge in [0.05, 0.1) is 12.0 Å². The van der Waals surface area contributed by atoms with Crippen LogP contribution in [0.1, 0.15) is 5.56 Å². The predicted molar refractivity (Wildman–Crippen MR) is 121 cm³/mol. The fourth-order valence-electron chi connectivity index (χ4n) is 2.87. The third-order valence-corrected chi connectivity index (χ3v) is 7.05. The lowest BCUT2D eigenvalue weighted by Crippen LogP contribution is -2.43. The lowest BCUT2D eigenvalue weighted by atomic mass is 10.1. The molecule has 0 amide bonds. The number of benzene rings is 3. The van der Waals surface area contributed by atoms with E-state index >= 15 is 0 Å². The molecule has 1 N–H and O–H groups in total. The second-order valence-corrected chi connectivity index (χ2v) is 9.33. The molecule has 3 aromatic carbocycles. The molecule has 5 nitrogen and oxygen atoms in total. The molecule has 1 atom stereocenters. The van der Waals surface area contributed by atoms with Crippen LogP contribution in [-0.2, 0) is 25.3 Å². The monoisotopic (exact) mass is 441 g/mol. The van der Waals surface area contributed by atoms with Gasteiger partial charge in [-0.3, -0.25) is 4.79 Å². The van der Waals surface area contributed by atoms with Crippen LogP contribution < -0.4 is 4.72 Å². The molecule has 0 radical (unpaired) electrons. The first-order chi connectivity index (χ1) is 14.5. The summed E-state index contributed by atoms with van der Waals surface area (Å²) in [5.74, 6) is 0.324. The maximum atomic E-state index is 12.8. The molecule has 0 unspecified atom stereocenters. The first-order valence-electron chi connectivity index (χ1n) is 9.37. The molecule has 0 saturated carbocycles. The van der Waals surface area contributed by atoms with Gasteiger partial charge in [-0.1, -0.05) is 72.8 Å². The largest absolute Gasteiger partial charge is 0.468 e. The van der Waals surface area contributed by atoms with E-state index < -0.39 is 22.0 Å². The molecule has 156 valence electrons. The minimum atomic E-state index is -3.87. The Labute approximate surface area is 181 Å². The number of nitrogens with one attached hydrogen (secondary N) is 1. The van der Waals surface area contributed by atoms with Gasteiger partial charge in [0, 0.05) is 11.5 Å². The Hall–Kier alpha value is -2.61. The number of thioether (sulfide) groups is 1. The van der Waals surface area contributed by atoms with Gasteiger partial charge in [-0.15, -0.1) is 0 Å². The smallest absolute Gasteiger partial charge is 0.324 e. The first kappa shape index (κ1) is 22.1. The fourth-order valence-corrected chi connectivity index (χ4v) is 5.16. The van der Waals surface area contributed by atoms with Gasteiger partial charge in [0.2, 0.25) is 10.0 Å². The Morgan fingerprint density at radius 1 is 0.900 bits per heavy atom. The van der Waals surface area contributed by atoms with Gasteiger partial charge in [0.1, 0.15) is 6.04 Å². The number of hydrogen-bond donors (Lipinski definition) is 1. The van der Waals surface area contributed by atoms with Crippen LogP contribution in [0.15, 0.2) is 89.8 Å². The summed E-state index contributed by atoms with van der Waals surface area (Å²) in [4.78, 5) is 12.2. The van der Waals surface area contributed by atoms with Crippen molar-refractivity contribution in [2.75, 3.05) is 12.9 Å². The first-order valence-corrected chi connectivity index (χ1v) is 12.0. The molecule has 0 aliphatic rings. The van der Waals surface area contributed by atoms with Gasteiger partial charge in [-0.2, -0.15) is 16.5 Å². The van der Waals surface area contributed by atoms with Crippen LogP contribution in [0.3, 0.4) is 0 Å². The van der Waals surface area contributed by atoms with Crippen molar-refractivity contribution in [3.63, 3.8) is 0 Å². The highest BCUT2D eigenvalue weighted by Crippen LogP contribution is 2.21. The van der Waals surface area contributed by atoms with Gasteiger partial charge in [0.25, 0.3) is 0 Å². The number of rotatable bonds is 9. The molecule has 0 aromatic heterocycles. The number of carbonyl (C=O) groups excluding carboxylic acids is 1. The average Bonchev–Trinajstić information content (AvgIpc) is 2.79. The van der Waals surface area contributed by atoms with Crippen LogP contribution in [0.25, 0.3) is 11.1 Å². The topological polar surface area (TPSA) is 72.5 Å². The summed E-state index contributed by atoms with van der Waals surface area (Å²) < 4.78 is 32.9. The zero-order valence-corrected chi connectivity index (χ0v) is 18.2. The van der Waals surface area contributed by atoms with Crippen LogP contribution in [0.5, 0.6) is 0 Å². The van der Waals surface area contributed by atoms with E-state index in [1.54, 1.807) is 12.1 Å². The molecule has 3 aromatic rings. The molecule has 0 saturated heterocycles. The molecular formula is C23H23NO4S2. The van der Waals surface area contributed by atoms with Crippen LogP contribution >= 0.6 is 11.8 Å². The maximum Gasteiger partial charge on any atom is 0.324 e. The number of ether oxygens (including phenoxy) is 1. The van der Waals surface area contributed by atoms with E-state index in [0.29, 0.717) is 5.75 Å². The quantitative estimate of drug-likeness (QED) is 0.506. The molecule has 30 heavy (non-hydrogen) atoms. The van der Waals surface area contributed by atoms with Crippen molar-refractivity contribution >= 4 is 27.8 Å². The Kier molecular flexibility index (Phi) is 7.68.